The maximum absolute atomic E-state index is 13.6. The molecule has 0 aliphatic carbocycles. The quantitative estimate of drug-likeness (QED) is 0.611. The molecule has 0 unspecified atom stereocenters. The molecule has 0 saturated carbocycles. The van der Waals surface area contributed by atoms with Crippen LogP contribution in [0.3, 0.4) is 0 Å². The summed E-state index contributed by atoms with van der Waals surface area (Å²) in [4.78, 5) is 9.98. The fourth-order valence-electron chi connectivity index (χ4n) is 1.24. The van der Waals surface area contributed by atoms with E-state index in [1.807, 2.05) is 0 Å². The topological polar surface area (TPSA) is 51.2 Å². The molecule has 0 amide bonds. The monoisotopic (exact) mass is 268 g/mol. The molecule has 16 heavy (non-hydrogen) atoms. The maximum atomic E-state index is 13.6. The van der Waals surface area contributed by atoms with E-state index in [0.717, 1.165) is 13.8 Å². The van der Waals surface area contributed by atoms with Gasteiger partial charge in [-0.1, -0.05) is 0 Å². The van der Waals surface area contributed by atoms with Crippen LogP contribution in [0.15, 0.2) is 11.0 Å². The van der Waals surface area contributed by atoms with Crippen LogP contribution in [0.2, 0.25) is 0 Å². The average molecular weight is 269 g/mol. The highest BCUT2D eigenvalue weighted by Crippen LogP contribution is 2.28. The molecule has 88 valence electrons. The second-order valence-electron chi connectivity index (χ2n) is 3.17. The van der Waals surface area contributed by atoms with Gasteiger partial charge in [0.15, 0.2) is 11.6 Å². The highest BCUT2D eigenvalue weighted by Gasteiger charge is 2.26. The van der Waals surface area contributed by atoms with Gasteiger partial charge in [0.05, 0.1) is 5.56 Å². The summed E-state index contributed by atoms with van der Waals surface area (Å²) >= 11 is 0. The maximum Gasteiger partial charge on any atom is 0.264 e. The smallest absolute Gasteiger partial charge is 0.264 e. The van der Waals surface area contributed by atoms with Gasteiger partial charge in [-0.05, 0) is 19.9 Å². The molecule has 0 N–H and O–H groups in total. The first-order valence-electron chi connectivity index (χ1n) is 4.10. The zero-order valence-electron chi connectivity index (χ0n) is 8.34. The second-order valence-corrected chi connectivity index (χ2v) is 5.67. The molecule has 0 aliphatic heterocycles. The number of benzene rings is 1. The number of hydrogen-bond donors (Lipinski definition) is 0. The Labute approximate surface area is 95.5 Å². The van der Waals surface area contributed by atoms with E-state index in [4.69, 9.17) is 10.7 Å². The van der Waals surface area contributed by atoms with Crippen molar-refractivity contribution in [2.24, 2.45) is 0 Å². The molecule has 3 nitrogen and oxygen atoms in total. The molecule has 1 aromatic carbocycles. The van der Waals surface area contributed by atoms with Gasteiger partial charge in [-0.25, -0.2) is 17.2 Å². The summed E-state index contributed by atoms with van der Waals surface area (Å²) in [5.74, 6) is -3.09. The fraction of sp³-hybridized carbons (Fsp3) is 0.222. The molecule has 0 spiro atoms. The summed E-state index contributed by atoms with van der Waals surface area (Å²) in [5.41, 5.74) is -1.08. The van der Waals surface area contributed by atoms with Crippen molar-refractivity contribution in [3.63, 3.8) is 0 Å². The van der Waals surface area contributed by atoms with Gasteiger partial charge in [0.1, 0.15) is 10.7 Å². The number of carbonyl (C=O) groups excluding carboxylic acids is 1. The molecule has 0 fully saturated rings. The van der Waals surface area contributed by atoms with Crippen molar-refractivity contribution in [2.45, 2.75) is 18.7 Å². The Morgan fingerprint density at radius 2 is 1.88 bits per heavy atom. The van der Waals surface area contributed by atoms with Gasteiger partial charge >= 0.3 is 0 Å². The normalized spacial score (nSPS) is 11.6. The van der Waals surface area contributed by atoms with Gasteiger partial charge in [0, 0.05) is 16.2 Å². The fourth-order valence-corrected chi connectivity index (χ4v) is 2.58. The molecule has 0 aliphatic rings. The molecule has 0 aromatic heterocycles. The number of halogens is 3. The van der Waals surface area contributed by atoms with Crippen LogP contribution in [-0.2, 0) is 9.05 Å². The lowest BCUT2D eigenvalue weighted by Gasteiger charge is -2.08. The number of ketones is 1. The van der Waals surface area contributed by atoms with Crippen molar-refractivity contribution < 1.29 is 22.0 Å². The van der Waals surface area contributed by atoms with Crippen LogP contribution in [0.1, 0.15) is 22.8 Å². The molecule has 1 aromatic rings. The third-order valence-electron chi connectivity index (χ3n) is 2.03. The SMILES string of the molecule is CC(=O)c1cc(F)c(C)c(S(=O)(=O)Cl)c1F. The third-order valence-corrected chi connectivity index (χ3v) is 3.46. The molecular weight excluding hydrogens is 262 g/mol. The van der Waals surface area contributed by atoms with Gasteiger partial charge in [0.2, 0.25) is 0 Å². The zero-order chi connectivity index (χ0) is 12.7. The van der Waals surface area contributed by atoms with Crippen molar-refractivity contribution in [3.05, 3.63) is 28.8 Å². The Morgan fingerprint density at radius 1 is 1.38 bits per heavy atom. The molecule has 0 bridgehead atoms. The van der Waals surface area contributed by atoms with Crippen molar-refractivity contribution in [3.8, 4) is 0 Å². The van der Waals surface area contributed by atoms with E-state index in [1.165, 1.54) is 0 Å². The average Bonchev–Trinajstić information content (AvgIpc) is 2.08. The van der Waals surface area contributed by atoms with E-state index >= 15 is 0 Å². The largest absolute Gasteiger partial charge is 0.294 e. The summed E-state index contributed by atoms with van der Waals surface area (Å²) in [5, 5.41) is 0. The number of rotatable bonds is 2. The lowest BCUT2D eigenvalue weighted by molar-refractivity contribution is 0.101. The van der Waals surface area contributed by atoms with Crippen LogP contribution in [-0.4, -0.2) is 14.2 Å². The first kappa shape index (κ1) is 13.1. The number of hydrogen-bond acceptors (Lipinski definition) is 3. The minimum absolute atomic E-state index is 0.447. The Hall–Kier alpha value is -1.01. The van der Waals surface area contributed by atoms with Crippen LogP contribution in [0.25, 0.3) is 0 Å². The van der Waals surface area contributed by atoms with E-state index in [1.54, 1.807) is 0 Å². The van der Waals surface area contributed by atoms with E-state index in [2.05, 4.69) is 0 Å². The second kappa shape index (κ2) is 4.10. The van der Waals surface area contributed by atoms with Gasteiger partial charge in [-0.2, -0.15) is 0 Å². The first-order chi connectivity index (χ1) is 7.16. The lowest BCUT2D eigenvalue weighted by Crippen LogP contribution is -2.08. The highest BCUT2D eigenvalue weighted by molar-refractivity contribution is 8.13. The highest BCUT2D eigenvalue weighted by atomic mass is 35.7. The predicted octanol–water partition coefficient (Wildman–Crippen LogP) is 2.40. The van der Waals surface area contributed by atoms with Crippen LogP contribution in [0.5, 0.6) is 0 Å². The van der Waals surface area contributed by atoms with Crippen LogP contribution >= 0.6 is 10.7 Å². The predicted molar refractivity (Wildman–Crippen MR) is 54.1 cm³/mol. The molecule has 1 rings (SSSR count). The van der Waals surface area contributed by atoms with Crippen LogP contribution < -0.4 is 0 Å². The number of carbonyl (C=O) groups is 1. The van der Waals surface area contributed by atoms with Crippen molar-refractivity contribution in [2.75, 3.05) is 0 Å². The molecular formula is C9H7ClF2O3S. The Balaban J connectivity index is 3.80. The van der Waals surface area contributed by atoms with Crippen molar-refractivity contribution in [1.29, 1.82) is 0 Å². The first-order valence-corrected chi connectivity index (χ1v) is 6.41. The summed E-state index contributed by atoms with van der Waals surface area (Å²) < 4.78 is 49.0. The Morgan fingerprint density at radius 3 is 2.25 bits per heavy atom. The summed E-state index contributed by atoms with van der Waals surface area (Å²) in [6.45, 7) is 2.06. The minimum Gasteiger partial charge on any atom is -0.294 e. The summed E-state index contributed by atoms with van der Waals surface area (Å²) in [7, 11) is 0.534. The molecule has 0 saturated heterocycles. The van der Waals surface area contributed by atoms with Gasteiger partial charge in [0.25, 0.3) is 9.05 Å². The molecule has 7 heteroatoms. The van der Waals surface area contributed by atoms with E-state index in [0.29, 0.717) is 6.07 Å². The lowest BCUT2D eigenvalue weighted by atomic mass is 10.1. The summed E-state index contributed by atoms with van der Waals surface area (Å²) in [6.07, 6.45) is 0. The minimum atomic E-state index is -4.44. The number of Topliss-reactive ketones (excluding diaryl/α,β-unsaturated/α-hetero) is 1. The van der Waals surface area contributed by atoms with Gasteiger partial charge in [-0.15, -0.1) is 0 Å². The zero-order valence-corrected chi connectivity index (χ0v) is 9.92. The molecule has 0 atom stereocenters. The molecule has 0 heterocycles. The van der Waals surface area contributed by atoms with Crippen molar-refractivity contribution >= 4 is 25.5 Å². The van der Waals surface area contributed by atoms with Crippen molar-refractivity contribution in [1.82, 2.24) is 0 Å². The third kappa shape index (κ3) is 2.22. The standard InChI is InChI=1S/C9H7ClF2O3S/c1-4-7(11)3-6(5(2)13)8(12)9(4)16(10,14)15/h3H,1-2H3. The van der Waals surface area contributed by atoms with Gasteiger partial charge in [-0.3, -0.25) is 4.79 Å². The van der Waals surface area contributed by atoms with Crippen LogP contribution in [0, 0.1) is 18.6 Å². The Bertz CT molecular complexity index is 567. The van der Waals surface area contributed by atoms with E-state index < -0.39 is 42.5 Å². The van der Waals surface area contributed by atoms with E-state index in [-0.39, 0.29) is 0 Å². The van der Waals surface area contributed by atoms with E-state index in [9.17, 15) is 22.0 Å². The Kier molecular flexibility index (Phi) is 3.35. The van der Waals surface area contributed by atoms with Gasteiger partial charge < -0.3 is 0 Å². The summed E-state index contributed by atoms with van der Waals surface area (Å²) in [6, 6.07) is 0.651. The molecule has 0 radical (unpaired) electrons. The van der Waals surface area contributed by atoms with Crippen LogP contribution in [0.4, 0.5) is 8.78 Å².